The third kappa shape index (κ3) is 3.67. The van der Waals surface area contributed by atoms with Crippen molar-refractivity contribution in [1.82, 2.24) is 10.2 Å². The maximum absolute atomic E-state index is 11.3. The number of hydrogen-bond donors (Lipinski definition) is 1. The Balaban J connectivity index is 1.42. The molecule has 1 saturated carbocycles. The summed E-state index contributed by atoms with van der Waals surface area (Å²) in [5, 5.41) is 3.78. The van der Waals surface area contributed by atoms with Gasteiger partial charge in [0.2, 0.25) is 5.91 Å². The third-order valence-corrected chi connectivity index (χ3v) is 5.36. The van der Waals surface area contributed by atoms with Crippen LogP contribution in [-0.4, -0.2) is 36.0 Å². The Morgan fingerprint density at radius 1 is 1.24 bits per heavy atom. The lowest BCUT2D eigenvalue weighted by Crippen LogP contribution is -2.50. The monoisotopic (exact) mass is 350 g/mol. The molecule has 0 bridgehead atoms. The summed E-state index contributed by atoms with van der Waals surface area (Å²) >= 11 is 3.55. The first kappa shape index (κ1) is 15.0. The van der Waals surface area contributed by atoms with Crippen LogP contribution in [0.25, 0.3) is 0 Å². The highest BCUT2D eigenvalue weighted by Crippen LogP contribution is 2.38. The molecule has 3 nitrogen and oxygen atoms in total. The number of amides is 1. The topological polar surface area (TPSA) is 32.3 Å². The minimum absolute atomic E-state index is 0.215. The van der Waals surface area contributed by atoms with Gasteiger partial charge in [-0.25, -0.2) is 0 Å². The fourth-order valence-electron chi connectivity index (χ4n) is 3.48. The minimum atomic E-state index is 0.215. The van der Waals surface area contributed by atoms with Crippen molar-refractivity contribution in [3.05, 3.63) is 34.3 Å². The second-order valence-corrected chi connectivity index (χ2v) is 7.28. The second kappa shape index (κ2) is 6.49. The van der Waals surface area contributed by atoms with Crippen LogP contribution in [0.15, 0.2) is 28.7 Å². The number of nitrogens with zero attached hydrogens (tertiary/aromatic N) is 1. The zero-order valence-electron chi connectivity index (χ0n) is 12.5. The maximum atomic E-state index is 11.3. The molecule has 2 aliphatic rings. The van der Waals surface area contributed by atoms with Gasteiger partial charge in [-0.3, -0.25) is 4.79 Å². The van der Waals surface area contributed by atoms with Gasteiger partial charge < -0.3 is 10.2 Å². The van der Waals surface area contributed by atoms with E-state index in [-0.39, 0.29) is 5.91 Å². The molecule has 21 heavy (non-hydrogen) atoms. The van der Waals surface area contributed by atoms with Gasteiger partial charge in [-0.15, -0.1) is 0 Å². The average Bonchev–Trinajstić information content (AvgIpc) is 2.43. The molecule has 0 radical (unpaired) electrons. The van der Waals surface area contributed by atoms with E-state index in [0.717, 1.165) is 25.9 Å². The molecule has 0 spiro atoms. The maximum Gasteiger partial charge on any atom is 0.219 e. The molecule has 1 saturated heterocycles. The lowest BCUT2D eigenvalue weighted by Gasteiger charge is -2.41. The molecule has 1 heterocycles. The Hall–Kier alpha value is -0.870. The first-order chi connectivity index (χ1) is 10.1. The van der Waals surface area contributed by atoms with Gasteiger partial charge in [0.1, 0.15) is 0 Å². The van der Waals surface area contributed by atoms with Gasteiger partial charge in [-0.05, 0) is 49.3 Å². The van der Waals surface area contributed by atoms with E-state index in [9.17, 15) is 4.79 Å². The van der Waals surface area contributed by atoms with Crippen LogP contribution < -0.4 is 5.32 Å². The molecule has 0 aromatic heterocycles. The van der Waals surface area contributed by atoms with E-state index in [1.807, 2.05) is 4.90 Å². The summed E-state index contributed by atoms with van der Waals surface area (Å²) in [4.78, 5) is 13.3. The van der Waals surface area contributed by atoms with Gasteiger partial charge in [-0.2, -0.15) is 0 Å². The summed E-state index contributed by atoms with van der Waals surface area (Å²) in [6.07, 6.45) is 4.67. The Morgan fingerprint density at radius 2 is 1.95 bits per heavy atom. The normalized spacial score (nSPS) is 26.5. The van der Waals surface area contributed by atoms with E-state index in [4.69, 9.17) is 0 Å². The lowest BCUT2D eigenvalue weighted by molar-refractivity contribution is -0.129. The van der Waals surface area contributed by atoms with Crippen molar-refractivity contribution >= 4 is 21.8 Å². The molecule has 1 aliphatic heterocycles. The van der Waals surface area contributed by atoms with Crippen molar-refractivity contribution in [3.8, 4) is 0 Å². The Labute approximate surface area is 135 Å². The van der Waals surface area contributed by atoms with Crippen molar-refractivity contribution in [1.29, 1.82) is 0 Å². The number of hydrogen-bond acceptors (Lipinski definition) is 2. The van der Waals surface area contributed by atoms with Gasteiger partial charge >= 0.3 is 0 Å². The van der Waals surface area contributed by atoms with Crippen LogP contribution in [0.3, 0.4) is 0 Å². The molecule has 0 unspecified atom stereocenters. The number of likely N-dealkylation sites (tertiary alicyclic amines) is 1. The van der Waals surface area contributed by atoms with Gasteiger partial charge in [0.05, 0.1) is 0 Å². The van der Waals surface area contributed by atoms with Crippen LogP contribution in [0.5, 0.6) is 0 Å². The van der Waals surface area contributed by atoms with Crippen molar-refractivity contribution in [3.63, 3.8) is 0 Å². The number of rotatable bonds is 3. The number of carbonyl (C=O) groups excluding carboxylic acids is 1. The quantitative estimate of drug-likeness (QED) is 0.906. The number of carbonyl (C=O) groups is 1. The summed E-state index contributed by atoms with van der Waals surface area (Å²) in [6.45, 7) is 3.49. The number of benzene rings is 1. The average molecular weight is 351 g/mol. The summed E-state index contributed by atoms with van der Waals surface area (Å²) in [5.74, 6) is 0.920. The highest BCUT2D eigenvalue weighted by atomic mass is 79.9. The van der Waals surface area contributed by atoms with Gasteiger partial charge in [0.15, 0.2) is 0 Å². The molecule has 114 valence electrons. The molecule has 3 rings (SSSR count). The van der Waals surface area contributed by atoms with Crippen LogP contribution >= 0.6 is 15.9 Å². The van der Waals surface area contributed by atoms with Crippen molar-refractivity contribution in [2.24, 2.45) is 0 Å². The molecule has 1 aromatic rings. The number of halogens is 1. The van der Waals surface area contributed by atoms with Gasteiger partial charge in [-0.1, -0.05) is 28.1 Å². The van der Waals surface area contributed by atoms with Crippen molar-refractivity contribution in [2.45, 2.75) is 50.6 Å². The molecule has 1 N–H and O–H groups in total. The molecule has 1 amide bonds. The predicted octanol–water partition coefficient (Wildman–Crippen LogP) is 3.30. The van der Waals surface area contributed by atoms with Crippen LogP contribution in [0, 0.1) is 0 Å². The van der Waals surface area contributed by atoms with E-state index < -0.39 is 0 Å². The fraction of sp³-hybridized carbons (Fsp3) is 0.588. The zero-order chi connectivity index (χ0) is 14.8. The van der Waals surface area contributed by atoms with E-state index in [1.54, 1.807) is 6.92 Å². The Morgan fingerprint density at radius 3 is 2.57 bits per heavy atom. The lowest BCUT2D eigenvalue weighted by atomic mass is 9.75. The molecule has 4 heteroatoms. The van der Waals surface area contributed by atoms with Crippen LogP contribution in [-0.2, 0) is 4.79 Å². The smallest absolute Gasteiger partial charge is 0.219 e. The van der Waals surface area contributed by atoms with E-state index >= 15 is 0 Å². The van der Waals surface area contributed by atoms with Crippen LogP contribution in [0.2, 0.25) is 0 Å². The highest BCUT2D eigenvalue weighted by molar-refractivity contribution is 9.10. The van der Waals surface area contributed by atoms with E-state index in [0.29, 0.717) is 18.0 Å². The summed E-state index contributed by atoms with van der Waals surface area (Å²) in [6, 6.07) is 9.93. The largest absolute Gasteiger partial charge is 0.343 e. The molecular formula is C17H23BrN2O. The minimum Gasteiger partial charge on any atom is -0.343 e. The standard InChI is InChI=1S/C17H23BrN2O/c1-12(21)20-7-5-16(6-8-20)19-17-10-14(11-17)13-3-2-4-15(18)9-13/h2-4,9,14,16-17,19H,5-8,10-11H2,1H3. The summed E-state index contributed by atoms with van der Waals surface area (Å²) < 4.78 is 1.17. The van der Waals surface area contributed by atoms with Crippen molar-refractivity contribution in [2.75, 3.05) is 13.1 Å². The van der Waals surface area contributed by atoms with E-state index in [2.05, 4.69) is 45.5 Å². The molecule has 0 atom stereocenters. The zero-order valence-corrected chi connectivity index (χ0v) is 14.1. The summed E-state index contributed by atoms with van der Waals surface area (Å²) in [5.41, 5.74) is 1.45. The number of nitrogens with one attached hydrogen (secondary N) is 1. The Kier molecular flexibility index (Phi) is 4.65. The molecule has 1 aliphatic carbocycles. The molecular weight excluding hydrogens is 328 g/mol. The first-order valence-corrected chi connectivity index (χ1v) is 8.68. The SMILES string of the molecule is CC(=O)N1CCC(NC2CC(c3cccc(Br)c3)C2)CC1. The van der Waals surface area contributed by atoms with Crippen LogP contribution in [0.4, 0.5) is 0 Å². The number of piperidine rings is 1. The second-order valence-electron chi connectivity index (χ2n) is 6.37. The highest BCUT2D eigenvalue weighted by Gasteiger charge is 2.32. The van der Waals surface area contributed by atoms with E-state index in [1.165, 1.54) is 22.9 Å². The van der Waals surface area contributed by atoms with Gasteiger partial charge in [0.25, 0.3) is 0 Å². The first-order valence-electron chi connectivity index (χ1n) is 7.89. The summed E-state index contributed by atoms with van der Waals surface area (Å²) in [7, 11) is 0. The van der Waals surface area contributed by atoms with Gasteiger partial charge in [0, 0.05) is 36.6 Å². The molecule has 1 aromatic carbocycles. The molecule has 2 fully saturated rings. The Bertz CT molecular complexity index is 505. The third-order valence-electron chi connectivity index (χ3n) is 4.87. The van der Waals surface area contributed by atoms with Crippen molar-refractivity contribution < 1.29 is 4.79 Å². The van der Waals surface area contributed by atoms with Crippen LogP contribution in [0.1, 0.15) is 44.1 Å². The fourth-order valence-corrected chi connectivity index (χ4v) is 3.90. The predicted molar refractivity (Wildman–Crippen MR) is 88.3 cm³/mol.